The van der Waals surface area contributed by atoms with Gasteiger partial charge in [-0.15, -0.1) is 0 Å². The first kappa shape index (κ1) is 81.9. The second-order valence-electron chi connectivity index (χ2n) is 23.8. The number of nitrogens with zero attached hydrogens (tertiary/aromatic N) is 10. The number of aliphatic hydroxyl groups is 1. The summed E-state index contributed by atoms with van der Waals surface area (Å²) in [6, 6.07) is 1.20. The Morgan fingerprint density at radius 3 is 0.970 bits per heavy atom. The molecule has 7 fully saturated rings. The van der Waals surface area contributed by atoms with Crippen molar-refractivity contribution in [3.8, 4) is 6.26 Å². The van der Waals surface area contributed by atoms with Crippen molar-refractivity contribution in [2.75, 3.05) is 125 Å². The summed E-state index contributed by atoms with van der Waals surface area (Å²) in [5, 5.41) is 20.9. The fourth-order valence-corrected chi connectivity index (χ4v) is 15.5. The van der Waals surface area contributed by atoms with Crippen LogP contribution in [-0.4, -0.2) is 250 Å². The number of nitrogens with one attached hydrogen (secondary N) is 1. The molecule has 0 radical (unpaired) electrons. The molecule has 0 spiro atoms. The van der Waals surface area contributed by atoms with E-state index in [0.29, 0.717) is 131 Å². The molecule has 101 heavy (non-hydrogen) atoms. The van der Waals surface area contributed by atoms with Gasteiger partial charge in [-0.25, -0.2) is 89.0 Å². The lowest BCUT2D eigenvalue weighted by molar-refractivity contribution is 0.0141. The maximum atomic E-state index is 13.2. The summed E-state index contributed by atoms with van der Waals surface area (Å²) in [6.07, 6.45) is -1.13. The largest absolute Gasteiger partial charge is 0.501 e. The number of aromatic nitrogens is 9. The van der Waals surface area contributed by atoms with Gasteiger partial charge >= 0.3 is 74.9 Å². The lowest BCUT2D eigenvalue weighted by Gasteiger charge is -2.28. The van der Waals surface area contributed by atoms with Gasteiger partial charge in [0.15, 0.2) is 0 Å². The molecule has 0 bridgehead atoms. The van der Waals surface area contributed by atoms with Gasteiger partial charge in [-0.3, -0.25) is 0 Å². The van der Waals surface area contributed by atoms with E-state index >= 15 is 0 Å². The topological polar surface area (TPSA) is 451 Å². The summed E-state index contributed by atoms with van der Waals surface area (Å²) in [6.45, 7) is 23.0. The standard InChI is InChI=1S/C24H42N4O11Si.C14H21N3O7.C12H15N3O6.C10H21NO4Si/c1-5-33-15-20(39-21(29)25-10-9-11-40(36-6-2,37-7-3)38-8-4)14-28-23(31)26(12-18-16-34-18)22(30)27(24(28)32)13-19-17-35-19;1-2-22-6-9(18)3-15-12(19)16(4-10-7-23-10)14(21)17(13(15)20)5-11-8-24-11;16-10-13(1-7-4-19-7)11(17)15(3-9-6-21-9)12(18)14(10)2-8-5-20-8;1-4-13-16(14-5-2,15-6-3)9-7-8-12-10-11/h18-20H,5-17H2,1-4H3,(H,25,29);9-11,18H,2-8H2,1H3;7-9H,1-6H2;4-9H2,1-3H3. The van der Waals surface area contributed by atoms with E-state index in [1.54, 1.807) is 20.1 Å². The summed E-state index contributed by atoms with van der Waals surface area (Å²) in [5.74, 6) is 0. The van der Waals surface area contributed by atoms with Crippen molar-refractivity contribution in [3.05, 3.63) is 94.4 Å². The molecule has 0 aliphatic carbocycles. The van der Waals surface area contributed by atoms with Crippen molar-refractivity contribution in [1.29, 1.82) is 5.26 Å². The zero-order valence-electron chi connectivity index (χ0n) is 58.8. The van der Waals surface area contributed by atoms with Crippen LogP contribution in [0.15, 0.2) is 43.2 Å². The summed E-state index contributed by atoms with van der Waals surface area (Å²) in [5.41, 5.74) is -6.26. The molecule has 570 valence electrons. The maximum absolute atomic E-state index is 13.2. The smallest absolute Gasteiger partial charge is 0.442 e. The Kier molecular flexibility index (Phi) is 32.9. The van der Waals surface area contributed by atoms with E-state index < -0.39 is 87.1 Å². The minimum absolute atomic E-state index is 0.00101. The Bertz CT molecular complexity index is 3450. The third kappa shape index (κ3) is 26.1. The Morgan fingerprint density at radius 2 is 0.703 bits per heavy atom. The number of aliphatic hydroxyl groups excluding tert-OH is 1. The van der Waals surface area contributed by atoms with Gasteiger partial charge in [0.2, 0.25) is 0 Å². The maximum Gasteiger partial charge on any atom is 0.501 e. The highest BCUT2D eigenvalue weighted by atomic mass is 28.4. The van der Waals surface area contributed by atoms with Crippen molar-refractivity contribution in [1.82, 2.24) is 46.4 Å². The first-order valence-corrected chi connectivity index (χ1v) is 38.3. The van der Waals surface area contributed by atoms with E-state index in [9.17, 15) is 53.1 Å². The van der Waals surface area contributed by atoms with Crippen LogP contribution >= 0.6 is 0 Å². The molecule has 10 rings (SSSR count). The van der Waals surface area contributed by atoms with E-state index in [1.165, 1.54) is 0 Å². The van der Waals surface area contributed by atoms with Crippen LogP contribution in [0.2, 0.25) is 12.1 Å². The predicted octanol–water partition coefficient (Wildman–Crippen LogP) is -3.80. The average molecular weight is 1480 g/mol. The van der Waals surface area contributed by atoms with Gasteiger partial charge in [0, 0.05) is 71.5 Å². The zero-order valence-corrected chi connectivity index (χ0v) is 60.8. The number of rotatable bonds is 45. The predicted molar refractivity (Wildman–Crippen MR) is 355 cm³/mol. The Labute approximate surface area is 582 Å². The Hall–Kier alpha value is -6.42. The van der Waals surface area contributed by atoms with Gasteiger partial charge in [-0.05, 0) is 68.2 Å². The summed E-state index contributed by atoms with van der Waals surface area (Å²) < 4.78 is 99.8. The number of hydrogen-bond donors (Lipinski definition) is 2. The van der Waals surface area contributed by atoms with E-state index in [-0.39, 0.29) is 121 Å². The second kappa shape index (κ2) is 40.6. The molecule has 3 aromatic rings. The van der Waals surface area contributed by atoms with Gasteiger partial charge in [0.25, 0.3) is 6.26 Å². The molecule has 1 amide bonds. The van der Waals surface area contributed by atoms with Crippen LogP contribution < -0.4 is 56.5 Å². The lowest BCUT2D eigenvalue weighted by Crippen LogP contribution is -2.56. The van der Waals surface area contributed by atoms with Crippen LogP contribution in [0.1, 0.15) is 68.2 Å². The van der Waals surface area contributed by atoms with Crippen LogP contribution in [0.25, 0.3) is 0 Å². The molecule has 3 aromatic heterocycles. The normalized spacial score (nSPS) is 20.9. The number of nitriles is 1. The Morgan fingerprint density at radius 1 is 0.436 bits per heavy atom. The molecule has 41 heteroatoms. The molecule has 7 aliphatic heterocycles. The number of alkyl carbamates (subject to hydrolysis) is 1. The van der Waals surface area contributed by atoms with Crippen LogP contribution in [0.3, 0.4) is 0 Å². The quantitative estimate of drug-likeness (QED) is 0.0237. The van der Waals surface area contributed by atoms with Gasteiger partial charge in [0.1, 0.15) is 12.7 Å². The van der Waals surface area contributed by atoms with Crippen LogP contribution in [-0.2, 0) is 138 Å². The molecular weight excluding hydrogens is 1380 g/mol. The molecule has 0 saturated carbocycles. The van der Waals surface area contributed by atoms with Crippen molar-refractivity contribution < 1.29 is 88.6 Å². The molecule has 39 nitrogen and oxygen atoms in total. The number of ether oxygens (including phenoxy) is 11. The zero-order chi connectivity index (χ0) is 73.2. The van der Waals surface area contributed by atoms with E-state index in [0.717, 1.165) is 41.1 Å². The van der Waals surface area contributed by atoms with E-state index in [2.05, 4.69) is 10.1 Å². The van der Waals surface area contributed by atoms with E-state index in [4.69, 9.17) is 79.2 Å². The summed E-state index contributed by atoms with van der Waals surface area (Å²) in [4.78, 5) is 127. The van der Waals surface area contributed by atoms with Gasteiger partial charge in [-0.1, -0.05) is 0 Å². The number of carbonyl (C=O) groups excluding carboxylic acids is 1. The van der Waals surface area contributed by atoms with Gasteiger partial charge in [0.05, 0.1) is 167 Å². The molecule has 7 aliphatic rings. The number of amides is 1. The Balaban J connectivity index is 0.000000201. The first-order chi connectivity index (χ1) is 48.6. The number of carbonyl (C=O) groups is 1. The van der Waals surface area contributed by atoms with Gasteiger partial charge < -0.3 is 89.1 Å². The SMILES string of the molecule is CCOCC(Cn1c(=O)n(CC2CO2)c(=O)n(CC2CO2)c1=O)OC(=O)NCCC[Si](OCC)(OCC)OCC.CCOCC(O)Cn1c(=O)n(CC2CO2)c(=O)n(CC2CO2)c1=O.CCO[Si](CCCOC#N)(OCC)OCC.O=c1n(CC2CO2)c(=O)n(CC2CO2)c(=O)n1CC1CO1. The molecular formula is C60H99N11O28Si2. The molecule has 2 N–H and O–H groups in total. The molecule has 9 unspecified atom stereocenters. The van der Waals surface area contributed by atoms with Crippen LogP contribution in [0.5, 0.6) is 0 Å². The highest BCUT2D eigenvalue weighted by Gasteiger charge is 2.42. The minimum atomic E-state index is -2.84. The highest BCUT2D eigenvalue weighted by Crippen LogP contribution is 2.20. The fourth-order valence-electron chi connectivity index (χ4n) is 10.3. The summed E-state index contributed by atoms with van der Waals surface area (Å²) in [7, 11) is -5.38. The summed E-state index contributed by atoms with van der Waals surface area (Å²) >= 11 is 0. The number of epoxide rings is 7. The molecule has 9 atom stereocenters. The second-order valence-corrected chi connectivity index (χ2v) is 29.2. The van der Waals surface area contributed by atoms with Gasteiger partial charge in [-0.2, -0.15) is 5.26 Å². The van der Waals surface area contributed by atoms with Crippen LogP contribution in [0, 0.1) is 11.5 Å². The monoisotopic (exact) mass is 1480 g/mol. The molecule has 10 heterocycles. The lowest BCUT2D eigenvalue weighted by atomic mass is 10.3. The van der Waals surface area contributed by atoms with Crippen molar-refractivity contribution in [2.24, 2.45) is 0 Å². The fraction of sp³-hybridized carbons (Fsp3) is 0.817. The third-order valence-corrected chi connectivity index (χ3v) is 22.0. The first-order valence-electron chi connectivity index (χ1n) is 34.4. The van der Waals surface area contributed by atoms with Crippen molar-refractivity contribution in [3.63, 3.8) is 0 Å². The molecule has 7 saturated heterocycles. The molecule has 0 aromatic carbocycles. The third-order valence-electron chi connectivity index (χ3n) is 15.7. The van der Waals surface area contributed by atoms with Crippen LogP contribution in [0.4, 0.5) is 4.79 Å². The average Bonchev–Trinajstić information content (AvgIpc) is 1.32. The van der Waals surface area contributed by atoms with Crippen molar-refractivity contribution >= 4 is 23.7 Å². The minimum Gasteiger partial charge on any atom is -0.442 e. The van der Waals surface area contributed by atoms with E-state index in [1.807, 2.05) is 41.5 Å². The number of hydrogen-bond acceptors (Lipinski definition) is 29. The van der Waals surface area contributed by atoms with Crippen molar-refractivity contribution in [2.45, 2.75) is 194 Å². The highest BCUT2D eigenvalue weighted by molar-refractivity contribution is 6.61.